The van der Waals surface area contributed by atoms with Crippen LogP contribution in [-0.4, -0.2) is 74.3 Å². The number of carbonyl (C=O) groups is 1. The molecule has 4 aromatic heterocycles. The number of anilines is 1. The number of nitriles is 1. The Hall–Kier alpha value is -4.57. The first kappa shape index (κ1) is 31.1. The number of hydrogen-bond donors (Lipinski definition) is 1. The maximum absolute atomic E-state index is 14.0. The zero-order chi connectivity index (χ0) is 33.0. The first-order valence-electron chi connectivity index (χ1n) is 15.4. The Kier molecular flexibility index (Phi) is 8.08. The lowest BCUT2D eigenvalue weighted by Gasteiger charge is -2.41. The molecule has 2 bridgehead atoms. The molecule has 0 saturated carbocycles. The lowest BCUT2D eigenvalue weighted by Crippen LogP contribution is -2.48. The molecule has 0 aliphatic carbocycles. The van der Waals surface area contributed by atoms with Crippen LogP contribution < -0.4 is 15.2 Å². The Morgan fingerprint density at radius 3 is 2.68 bits per heavy atom. The standard InChI is InChI=1S/C34H32ClN7O4S/c1-18-39-30-28(19(15-36)16-38-32(30)41(3)23-13-21-5-6-22(14-23)40(21)2)33(43)42(18)10-11-46-27-7-4-20(35)12-25(27)24-8-9-37-29-26(34(44)45)17-47-31(24)29/h4,7-9,12,16-17,21-23H,5-6,10-11,13-14H2,1-3H3,(H,44,45). The first-order chi connectivity index (χ1) is 22.7. The molecule has 2 saturated heterocycles. The van der Waals surface area contributed by atoms with Crippen LogP contribution in [0.25, 0.3) is 32.2 Å². The number of halogens is 1. The summed E-state index contributed by atoms with van der Waals surface area (Å²) in [4.78, 5) is 44.2. The SMILES string of the molecule is Cc1nc2c(N(C)C3CC4CCC(C3)N4C)ncc(C#N)c2c(=O)n1CCOc1ccc(Cl)cc1-c1ccnc2c(C(=O)O)csc12. The number of piperidine rings is 1. The molecule has 13 heteroatoms. The van der Waals surface area contributed by atoms with Crippen molar-refractivity contribution in [2.75, 3.05) is 25.6 Å². The van der Waals surface area contributed by atoms with Crippen LogP contribution in [0.3, 0.4) is 0 Å². The van der Waals surface area contributed by atoms with E-state index in [9.17, 15) is 20.0 Å². The topological polar surface area (TPSA) is 137 Å². The highest BCUT2D eigenvalue weighted by atomic mass is 35.5. The lowest BCUT2D eigenvalue weighted by atomic mass is 9.96. The summed E-state index contributed by atoms with van der Waals surface area (Å²) in [5.41, 5.74) is 2.26. The number of hydrogen-bond acceptors (Lipinski definition) is 10. The minimum Gasteiger partial charge on any atom is -0.491 e. The molecule has 11 nitrogen and oxygen atoms in total. The van der Waals surface area contributed by atoms with E-state index in [0.29, 0.717) is 55.8 Å². The Morgan fingerprint density at radius 1 is 1.19 bits per heavy atom. The van der Waals surface area contributed by atoms with E-state index >= 15 is 0 Å². The molecule has 6 heterocycles. The minimum atomic E-state index is -1.05. The summed E-state index contributed by atoms with van der Waals surface area (Å²) in [6.07, 6.45) is 7.47. The summed E-state index contributed by atoms with van der Waals surface area (Å²) >= 11 is 7.67. The number of pyridine rings is 2. The van der Waals surface area contributed by atoms with Crippen molar-refractivity contribution in [3.63, 3.8) is 0 Å². The second-order valence-corrected chi connectivity index (χ2v) is 13.5. The van der Waals surface area contributed by atoms with Gasteiger partial charge < -0.3 is 19.6 Å². The second-order valence-electron chi connectivity index (χ2n) is 12.2. The molecule has 2 unspecified atom stereocenters. The molecular formula is C34H32ClN7O4S. The molecule has 2 atom stereocenters. The summed E-state index contributed by atoms with van der Waals surface area (Å²) < 4.78 is 8.47. The van der Waals surface area contributed by atoms with Crippen LogP contribution in [0, 0.1) is 18.3 Å². The van der Waals surface area contributed by atoms with Crippen molar-refractivity contribution in [2.24, 2.45) is 0 Å². The highest BCUT2D eigenvalue weighted by Gasteiger charge is 2.40. The van der Waals surface area contributed by atoms with Crippen LogP contribution >= 0.6 is 22.9 Å². The van der Waals surface area contributed by atoms with Gasteiger partial charge >= 0.3 is 5.97 Å². The van der Waals surface area contributed by atoms with Gasteiger partial charge in [0, 0.05) is 59.1 Å². The number of carboxylic acid groups (broad SMARTS) is 1. The van der Waals surface area contributed by atoms with Crippen LogP contribution in [-0.2, 0) is 6.54 Å². The maximum atomic E-state index is 14.0. The van der Waals surface area contributed by atoms with Crippen LogP contribution in [0.5, 0.6) is 5.75 Å². The molecule has 47 heavy (non-hydrogen) atoms. The fourth-order valence-corrected chi connectivity index (χ4v) is 8.38. The van der Waals surface area contributed by atoms with E-state index < -0.39 is 5.97 Å². The predicted molar refractivity (Wildman–Crippen MR) is 182 cm³/mol. The number of nitrogens with zero attached hydrogens (tertiary/aromatic N) is 7. The van der Waals surface area contributed by atoms with E-state index in [2.05, 4.69) is 32.9 Å². The van der Waals surface area contributed by atoms with Gasteiger partial charge in [-0.2, -0.15) is 5.26 Å². The molecule has 2 aliphatic rings. The molecule has 0 amide bonds. The smallest absolute Gasteiger partial charge is 0.338 e. The molecule has 0 radical (unpaired) electrons. The normalized spacial score (nSPS) is 19.3. The van der Waals surface area contributed by atoms with Gasteiger partial charge in [-0.1, -0.05) is 11.6 Å². The summed E-state index contributed by atoms with van der Waals surface area (Å²) in [5, 5.41) is 21.9. The van der Waals surface area contributed by atoms with E-state index in [-0.39, 0.29) is 41.3 Å². The van der Waals surface area contributed by atoms with Crippen molar-refractivity contribution in [3.8, 4) is 22.9 Å². The number of aryl methyl sites for hydroxylation is 1. The van der Waals surface area contributed by atoms with E-state index in [1.54, 1.807) is 42.8 Å². The van der Waals surface area contributed by atoms with Gasteiger partial charge in [-0.25, -0.2) is 14.8 Å². The molecule has 0 spiro atoms. The van der Waals surface area contributed by atoms with Crippen molar-refractivity contribution in [2.45, 2.75) is 57.3 Å². The number of thiophene rings is 1. The quantitative estimate of drug-likeness (QED) is 0.218. The number of ether oxygens (including phenoxy) is 1. The van der Waals surface area contributed by atoms with Crippen molar-refractivity contribution >= 4 is 55.8 Å². The monoisotopic (exact) mass is 669 g/mol. The molecule has 5 aromatic rings. The van der Waals surface area contributed by atoms with Gasteiger partial charge in [-0.3, -0.25) is 14.3 Å². The lowest BCUT2D eigenvalue weighted by molar-refractivity contribution is 0.0699. The first-order valence-corrected chi connectivity index (χ1v) is 16.7. The van der Waals surface area contributed by atoms with Crippen LogP contribution in [0.15, 0.2) is 46.8 Å². The largest absolute Gasteiger partial charge is 0.491 e. The number of benzene rings is 1. The van der Waals surface area contributed by atoms with Crippen LogP contribution in [0.4, 0.5) is 5.82 Å². The van der Waals surface area contributed by atoms with Crippen LogP contribution in [0.1, 0.15) is 47.4 Å². The number of fused-ring (bicyclic) bond motifs is 4. The molecule has 2 fully saturated rings. The average Bonchev–Trinajstić information content (AvgIpc) is 3.57. The van der Waals surface area contributed by atoms with Gasteiger partial charge in [0.05, 0.1) is 33.3 Å². The van der Waals surface area contributed by atoms with Crippen molar-refractivity contribution in [3.05, 3.63) is 74.4 Å². The average molecular weight is 670 g/mol. The molecule has 2 aliphatic heterocycles. The Morgan fingerprint density at radius 2 is 1.96 bits per heavy atom. The zero-order valence-electron chi connectivity index (χ0n) is 26.1. The molecule has 7 rings (SSSR count). The highest BCUT2D eigenvalue weighted by Crippen LogP contribution is 2.40. The molecular weight excluding hydrogens is 638 g/mol. The van der Waals surface area contributed by atoms with Gasteiger partial charge in [0.15, 0.2) is 5.82 Å². The third-order valence-electron chi connectivity index (χ3n) is 9.72. The summed E-state index contributed by atoms with van der Waals surface area (Å²) in [6.45, 7) is 2.08. The highest BCUT2D eigenvalue weighted by molar-refractivity contribution is 7.18. The zero-order valence-corrected chi connectivity index (χ0v) is 27.7. The summed E-state index contributed by atoms with van der Waals surface area (Å²) in [7, 11) is 4.22. The summed E-state index contributed by atoms with van der Waals surface area (Å²) in [6, 6.07) is 10.5. The van der Waals surface area contributed by atoms with E-state index in [1.807, 2.05) is 7.05 Å². The molecule has 1 aromatic carbocycles. The van der Waals surface area contributed by atoms with Gasteiger partial charge in [0.1, 0.15) is 29.8 Å². The predicted octanol–water partition coefficient (Wildman–Crippen LogP) is 5.74. The third-order valence-corrected chi connectivity index (χ3v) is 11.0. The van der Waals surface area contributed by atoms with E-state index in [4.69, 9.17) is 21.3 Å². The Balaban J connectivity index is 1.19. The van der Waals surface area contributed by atoms with Crippen molar-refractivity contribution in [1.82, 2.24) is 24.4 Å². The second kappa shape index (κ2) is 12.2. The van der Waals surface area contributed by atoms with Crippen molar-refractivity contribution in [1.29, 1.82) is 5.26 Å². The van der Waals surface area contributed by atoms with E-state index in [1.165, 1.54) is 34.9 Å². The number of aromatic nitrogens is 4. The third kappa shape index (κ3) is 5.38. The van der Waals surface area contributed by atoms with Gasteiger partial charge in [0.2, 0.25) is 0 Å². The molecule has 1 N–H and O–H groups in total. The van der Waals surface area contributed by atoms with Gasteiger partial charge in [-0.15, -0.1) is 11.3 Å². The Bertz CT molecular complexity index is 2140. The fourth-order valence-electron chi connectivity index (χ4n) is 7.18. The van der Waals surface area contributed by atoms with Crippen molar-refractivity contribution < 1.29 is 14.6 Å². The number of carboxylic acids is 1. The number of aromatic carboxylic acids is 1. The van der Waals surface area contributed by atoms with Crippen LogP contribution in [0.2, 0.25) is 5.02 Å². The number of rotatable bonds is 8. The maximum Gasteiger partial charge on any atom is 0.338 e. The minimum absolute atomic E-state index is 0.125. The molecule has 240 valence electrons. The fraction of sp³-hybridized carbons (Fsp3) is 0.353. The van der Waals surface area contributed by atoms with Gasteiger partial charge in [0.25, 0.3) is 5.56 Å². The van der Waals surface area contributed by atoms with Gasteiger partial charge in [-0.05, 0) is 63.9 Å². The Labute approximate surface area is 279 Å². The van der Waals surface area contributed by atoms with E-state index in [0.717, 1.165) is 18.4 Å². The summed E-state index contributed by atoms with van der Waals surface area (Å²) in [5.74, 6) is 0.583.